The third kappa shape index (κ3) is 5.10. The molecule has 2 aliphatic heterocycles. The smallest absolute Gasteiger partial charge is 0.261 e. The molecule has 0 unspecified atom stereocenters. The maximum atomic E-state index is 12.7. The van der Waals surface area contributed by atoms with E-state index in [0.717, 1.165) is 21.1 Å². The van der Waals surface area contributed by atoms with Crippen LogP contribution in [0.5, 0.6) is 0 Å². The first-order valence-corrected chi connectivity index (χ1v) is 12.2. The zero-order valence-corrected chi connectivity index (χ0v) is 21.2. The molecule has 0 bridgehead atoms. The average molecular weight is 521 g/mol. The first kappa shape index (κ1) is 25.3. The van der Waals surface area contributed by atoms with Crippen molar-refractivity contribution in [3.8, 4) is 0 Å². The van der Waals surface area contributed by atoms with Crippen LogP contribution in [0.2, 0.25) is 0 Å². The molecule has 0 radical (unpaired) electrons. The van der Waals surface area contributed by atoms with Crippen LogP contribution in [0, 0.1) is 0 Å². The maximum Gasteiger partial charge on any atom is 0.261 e. The van der Waals surface area contributed by atoms with E-state index in [4.69, 9.17) is 0 Å². The SMILES string of the molecule is CC1=CC(=O)N(c2ccc(CNc3ccc(NC(=O)c4ccc(N5C(=O)C=C(C)C5=O)cc4)cc3)cc2)C1=O. The minimum atomic E-state index is -0.400. The van der Waals surface area contributed by atoms with Gasteiger partial charge in [-0.05, 0) is 80.1 Å². The van der Waals surface area contributed by atoms with Crippen LogP contribution < -0.4 is 20.4 Å². The Hall–Kier alpha value is -5.31. The van der Waals surface area contributed by atoms with Crippen LogP contribution in [-0.4, -0.2) is 29.5 Å². The third-order valence-electron chi connectivity index (χ3n) is 6.42. The van der Waals surface area contributed by atoms with Gasteiger partial charge >= 0.3 is 0 Å². The van der Waals surface area contributed by atoms with Gasteiger partial charge in [0.15, 0.2) is 0 Å². The Labute approximate surface area is 224 Å². The summed E-state index contributed by atoms with van der Waals surface area (Å²) in [5.74, 6) is -1.74. The Morgan fingerprint density at radius 1 is 0.641 bits per heavy atom. The van der Waals surface area contributed by atoms with Gasteiger partial charge in [0.25, 0.3) is 29.5 Å². The summed E-state index contributed by atoms with van der Waals surface area (Å²) in [6, 6.07) is 20.7. The summed E-state index contributed by atoms with van der Waals surface area (Å²) in [7, 11) is 0. The zero-order valence-electron chi connectivity index (χ0n) is 21.2. The van der Waals surface area contributed by atoms with Crippen molar-refractivity contribution in [3.63, 3.8) is 0 Å². The highest BCUT2D eigenvalue weighted by Gasteiger charge is 2.30. The molecular weight excluding hydrogens is 496 g/mol. The van der Waals surface area contributed by atoms with E-state index < -0.39 is 5.91 Å². The Morgan fingerprint density at radius 3 is 1.56 bits per heavy atom. The van der Waals surface area contributed by atoms with E-state index >= 15 is 0 Å². The molecule has 0 fully saturated rings. The monoisotopic (exact) mass is 520 g/mol. The van der Waals surface area contributed by atoms with Crippen molar-refractivity contribution in [1.82, 2.24) is 0 Å². The van der Waals surface area contributed by atoms with Crippen molar-refractivity contribution in [1.29, 1.82) is 0 Å². The van der Waals surface area contributed by atoms with Gasteiger partial charge in [0, 0.05) is 46.8 Å². The largest absolute Gasteiger partial charge is 0.381 e. The first-order valence-electron chi connectivity index (χ1n) is 12.2. The molecule has 2 heterocycles. The lowest BCUT2D eigenvalue weighted by molar-refractivity contribution is -0.121. The summed E-state index contributed by atoms with van der Waals surface area (Å²) in [5.41, 5.74) is 4.53. The summed E-state index contributed by atoms with van der Waals surface area (Å²) in [6.07, 6.45) is 2.62. The van der Waals surface area contributed by atoms with Gasteiger partial charge in [0.05, 0.1) is 11.4 Å². The molecule has 0 aromatic heterocycles. The van der Waals surface area contributed by atoms with Crippen molar-refractivity contribution < 1.29 is 24.0 Å². The number of nitrogens with one attached hydrogen (secondary N) is 2. The fraction of sp³-hybridized carbons (Fsp3) is 0.100. The molecule has 9 nitrogen and oxygen atoms in total. The standard InChI is InChI=1S/C30H24N4O5/c1-18-15-26(35)33(29(18)38)24-11-3-20(4-12-24)17-31-22-7-9-23(10-8-22)32-28(37)21-5-13-25(14-6-21)34-27(36)16-19(2)30(34)39/h3-16,31H,17H2,1-2H3,(H,32,37). The van der Waals surface area contributed by atoms with E-state index in [1.807, 2.05) is 24.3 Å². The lowest BCUT2D eigenvalue weighted by Crippen LogP contribution is -2.30. The molecule has 3 aromatic carbocycles. The molecule has 0 saturated heterocycles. The summed E-state index contributed by atoms with van der Waals surface area (Å²) in [4.78, 5) is 63.3. The van der Waals surface area contributed by atoms with Crippen LogP contribution in [-0.2, 0) is 25.7 Å². The van der Waals surface area contributed by atoms with Crippen LogP contribution in [0.4, 0.5) is 22.7 Å². The van der Waals surface area contributed by atoms with Gasteiger partial charge in [0.2, 0.25) is 0 Å². The minimum Gasteiger partial charge on any atom is -0.381 e. The summed E-state index contributed by atoms with van der Waals surface area (Å²) in [6.45, 7) is 3.73. The number of benzene rings is 3. The van der Waals surface area contributed by atoms with Gasteiger partial charge in [-0.3, -0.25) is 24.0 Å². The number of hydrogen-bond acceptors (Lipinski definition) is 6. The second-order valence-corrected chi connectivity index (χ2v) is 9.21. The Bertz CT molecular complexity index is 1570. The molecular formula is C30H24N4O5. The zero-order chi connectivity index (χ0) is 27.7. The first-order chi connectivity index (χ1) is 18.7. The van der Waals surface area contributed by atoms with E-state index in [0.29, 0.717) is 40.3 Å². The van der Waals surface area contributed by atoms with Crippen LogP contribution in [0.1, 0.15) is 29.8 Å². The molecule has 39 heavy (non-hydrogen) atoms. The fourth-order valence-electron chi connectivity index (χ4n) is 4.27. The molecule has 5 rings (SSSR count). The number of imide groups is 2. The molecule has 2 aliphatic rings. The molecule has 194 valence electrons. The Morgan fingerprint density at radius 2 is 1.10 bits per heavy atom. The van der Waals surface area contributed by atoms with Crippen LogP contribution in [0.25, 0.3) is 0 Å². The molecule has 0 spiro atoms. The molecule has 3 aromatic rings. The van der Waals surface area contributed by atoms with Gasteiger partial charge < -0.3 is 10.6 Å². The van der Waals surface area contributed by atoms with Crippen molar-refractivity contribution in [2.75, 3.05) is 20.4 Å². The van der Waals surface area contributed by atoms with Crippen LogP contribution in [0.15, 0.2) is 96.1 Å². The normalized spacial score (nSPS) is 15.0. The molecule has 0 atom stereocenters. The van der Waals surface area contributed by atoms with Gasteiger partial charge in [-0.2, -0.15) is 0 Å². The summed E-state index contributed by atoms with van der Waals surface area (Å²) < 4.78 is 0. The van der Waals surface area contributed by atoms with Crippen molar-refractivity contribution in [2.45, 2.75) is 20.4 Å². The topological polar surface area (TPSA) is 116 Å². The molecule has 5 amide bonds. The molecule has 9 heteroatoms. The van der Waals surface area contributed by atoms with E-state index in [9.17, 15) is 24.0 Å². The Kier molecular flexibility index (Phi) is 6.64. The lowest BCUT2D eigenvalue weighted by Gasteiger charge is -2.15. The van der Waals surface area contributed by atoms with Gasteiger partial charge in [0.1, 0.15) is 0 Å². The number of rotatable bonds is 7. The predicted molar refractivity (Wildman–Crippen MR) is 147 cm³/mol. The van der Waals surface area contributed by atoms with E-state index in [-0.39, 0.29) is 23.6 Å². The average Bonchev–Trinajstić information content (AvgIpc) is 3.34. The number of carbonyl (C=O) groups excluding carboxylic acids is 5. The molecule has 0 aliphatic carbocycles. The number of carbonyl (C=O) groups is 5. The molecule has 2 N–H and O–H groups in total. The maximum absolute atomic E-state index is 12.7. The second kappa shape index (κ2) is 10.2. The summed E-state index contributed by atoms with van der Waals surface area (Å²) in [5, 5.41) is 6.12. The second-order valence-electron chi connectivity index (χ2n) is 9.21. The van der Waals surface area contributed by atoms with E-state index in [2.05, 4.69) is 10.6 Å². The van der Waals surface area contributed by atoms with Crippen LogP contribution in [0.3, 0.4) is 0 Å². The van der Waals surface area contributed by atoms with Crippen LogP contribution >= 0.6 is 0 Å². The fourth-order valence-corrected chi connectivity index (χ4v) is 4.27. The van der Waals surface area contributed by atoms with Gasteiger partial charge in [-0.15, -0.1) is 0 Å². The minimum absolute atomic E-state index is 0.308. The van der Waals surface area contributed by atoms with E-state index in [1.165, 1.54) is 12.2 Å². The number of amides is 5. The third-order valence-corrected chi connectivity index (χ3v) is 6.42. The quantitative estimate of drug-likeness (QED) is 0.452. The van der Waals surface area contributed by atoms with Crippen molar-refractivity contribution in [2.24, 2.45) is 0 Å². The predicted octanol–water partition coefficient (Wildman–Crippen LogP) is 4.19. The summed E-state index contributed by atoms with van der Waals surface area (Å²) >= 11 is 0. The highest BCUT2D eigenvalue weighted by Crippen LogP contribution is 2.25. The molecule has 0 saturated carbocycles. The van der Waals surface area contributed by atoms with Crippen molar-refractivity contribution in [3.05, 3.63) is 107 Å². The number of anilines is 4. The van der Waals surface area contributed by atoms with Gasteiger partial charge in [-0.25, -0.2) is 9.80 Å². The highest BCUT2D eigenvalue weighted by molar-refractivity contribution is 6.31. The van der Waals surface area contributed by atoms with Gasteiger partial charge in [-0.1, -0.05) is 12.1 Å². The highest BCUT2D eigenvalue weighted by atomic mass is 16.2. The Balaban J connectivity index is 1.14. The van der Waals surface area contributed by atoms with Crippen molar-refractivity contribution >= 4 is 52.3 Å². The lowest BCUT2D eigenvalue weighted by atomic mass is 10.1. The number of hydrogen-bond donors (Lipinski definition) is 2. The van der Waals surface area contributed by atoms with E-state index in [1.54, 1.807) is 62.4 Å². The number of nitrogens with zero attached hydrogens (tertiary/aromatic N) is 2.